The predicted octanol–water partition coefficient (Wildman–Crippen LogP) is 3.41. The van der Waals surface area contributed by atoms with Gasteiger partial charge in [0.1, 0.15) is 0 Å². The highest BCUT2D eigenvalue weighted by Gasteiger charge is 2.12. The number of nitrogens with one attached hydrogen (secondary N) is 1. The number of halogens is 1. The van der Waals surface area contributed by atoms with Crippen LogP contribution in [-0.2, 0) is 6.42 Å². The molecule has 0 saturated heterocycles. The molecule has 1 aromatic carbocycles. The number of carbonyl (C=O) groups is 1. The molecule has 94 valence electrons. The first-order chi connectivity index (χ1) is 8.61. The molecule has 0 bridgehead atoms. The molecule has 0 radical (unpaired) electrons. The number of aryl methyl sites for hydroxylation is 1. The number of amides is 1. The number of thiophene rings is 1. The van der Waals surface area contributed by atoms with E-state index in [1.165, 1.54) is 23.5 Å². The van der Waals surface area contributed by atoms with Crippen molar-refractivity contribution in [3.63, 3.8) is 0 Å². The van der Waals surface area contributed by atoms with Gasteiger partial charge in [-0.15, -0.1) is 11.3 Å². The largest absolute Gasteiger partial charge is 0.505 e. The monoisotopic (exact) mass is 265 g/mol. The molecule has 18 heavy (non-hydrogen) atoms. The highest BCUT2D eigenvalue weighted by Crippen LogP contribution is 2.22. The van der Waals surface area contributed by atoms with E-state index < -0.39 is 11.6 Å². The normalized spacial score (nSPS) is 10.3. The summed E-state index contributed by atoms with van der Waals surface area (Å²) in [6.07, 6.45) is 0.774. The number of rotatable bonds is 3. The van der Waals surface area contributed by atoms with Gasteiger partial charge in [0, 0.05) is 11.8 Å². The Hall–Kier alpha value is -1.88. The van der Waals surface area contributed by atoms with Gasteiger partial charge in [-0.25, -0.2) is 4.39 Å². The van der Waals surface area contributed by atoms with E-state index in [0.717, 1.165) is 18.1 Å². The standard InChI is InChI=1S/C13H12FNO2S/c1-2-8-5-6-18-12(8)13(17)15-9-3-4-11(16)10(14)7-9/h3-7,16H,2H2,1H3,(H,15,17). The molecule has 0 saturated carbocycles. The van der Waals surface area contributed by atoms with Gasteiger partial charge in [-0.05, 0) is 35.6 Å². The Morgan fingerprint density at radius 3 is 2.89 bits per heavy atom. The van der Waals surface area contributed by atoms with Crippen LogP contribution in [0.2, 0.25) is 0 Å². The van der Waals surface area contributed by atoms with Crippen LogP contribution in [0.15, 0.2) is 29.6 Å². The van der Waals surface area contributed by atoms with Crippen LogP contribution in [-0.4, -0.2) is 11.0 Å². The summed E-state index contributed by atoms with van der Waals surface area (Å²) in [6, 6.07) is 5.65. The fourth-order valence-corrected chi connectivity index (χ4v) is 2.48. The van der Waals surface area contributed by atoms with Crippen LogP contribution >= 0.6 is 11.3 Å². The summed E-state index contributed by atoms with van der Waals surface area (Å²) in [6.45, 7) is 1.97. The molecule has 2 N–H and O–H groups in total. The predicted molar refractivity (Wildman–Crippen MR) is 69.7 cm³/mol. The molecule has 1 amide bonds. The van der Waals surface area contributed by atoms with Gasteiger partial charge < -0.3 is 10.4 Å². The number of anilines is 1. The molecular formula is C13H12FNO2S. The van der Waals surface area contributed by atoms with Crippen LogP contribution in [0.5, 0.6) is 5.75 Å². The van der Waals surface area contributed by atoms with Gasteiger partial charge in [-0.3, -0.25) is 4.79 Å². The minimum absolute atomic E-state index is 0.257. The molecule has 0 fully saturated rings. The summed E-state index contributed by atoms with van der Waals surface area (Å²) >= 11 is 1.35. The van der Waals surface area contributed by atoms with Crippen molar-refractivity contribution in [1.29, 1.82) is 0 Å². The van der Waals surface area contributed by atoms with Crippen LogP contribution in [0.1, 0.15) is 22.2 Å². The van der Waals surface area contributed by atoms with E-state index in [1.807, 2.05) is 18.4 Å². The van der Waals surface area contributed by atoms with Gasteiger partial charge >= 0.3 is 0 Å². The average molecular weight is 265 g/mol. The maximum absolute atomic E-state index is 13.1. The molecule has 5 heteroatoms. The van der Waals surface area contributed by atoms with E-state index in [0.29, 0.717) is 10.6 Å². The lowest BCUT2D eigenvalue weighted by Gasteiger charge is -2.06. The topological polar surface area (TPSA) is 49.3 Å². The van der Waals surface area contributed by atoms with Gasteiger partial charge in [0.05, 0.1) is 4.88 Å². The van der Waals surface area contributed by atoms with Crippen molar-refractivity contribution >= 4 is 22.9 Å². The maximum atomic E-state index is 13.1. The summed E-state index contributed by atoms with van der Waals surface area (Å²) in [4.78, 5) is 12.6. The summed E-state index contributed by atoms with van der Waals surface area (Å²) in [7, 11) is 0. The minimum Gasteiger partial charge on any atom is -0.505 e. The Morgan fingerprint density at radius 1 is 1.44 bits per heavy atom. The third-order valence-corrected chi connectivity index (χ3v) is 3.49. The van der Waals surface area contributed by atoms with E-state index in [4.69, 9.17) is 5.11 Å². The first-order valence-corrected chi connectivity index (χ1v) is 6.36. The Kier molecular flexibility index (Phi) is 3.62. The SMILES string of the molecule is CCc1ccsc1C(=O)Nc1ccc(O)c(F)c1. The van der Waals surface area contributed by atoms with Crippen molar-refractivity contribution in [2.45, 2.75) is 13.3 Å². The summed E-state index contributed by atoms with van der Waals surface area (Å²) in [5.74, 6) is -1.44. The Labute approximate surface area is 108 Å². The first-order valence-electron chi connectivity index (χ1n) is 5.48. The number of aromatic hydroxyl groups is 1. The van der Waals surface area contributed by atoms with E-state index in [1.54, 1.807) is 0 Å². The lowest BCUT2D eigenvalue weighted by atomic mass is 10.2. The van der Waals surface area contributed by atoms with Crippen molar-refractivity contribution in [3.8, 4) is 5.75 Å². The second-order valence-electron chi connectivity index (χ2n) is 3.75. The van der Waals surface area contributed by atoms with Gasteiger partial charge in [0.15, 0.2) is 11.6 Å². The average Bonchev–Trinajstić information content (AvgIpc) is 2.82. The molecule has 0 aliphatic rings. The highest BCUT2D eigenvalue weighted by atomic mass is 32.1. The smallest absolute Gasteiger partial charge is 0.266 e. The third kappa shape index (κ3) is 2.51. The number of phenolic OH excluding ortho intramolecular Hbond substituents is 1. The molecule has 1 heterocycles. The van der Waals surface area contributed by atoms with Gasteiger partial charge in [0.2, 0.25) is 0 Å². The quantitative estimate of drug-likeness (QED) is 0.835. The lowest BCUT2D eigenvalue weighted by molar-refractivity contribution is 0.103. The Morgan fingerprint density at radius 2 is 2.22 bits per heavy atom. The van der Waals surface area contributed by atoms with Crippen LogP contribution in [0, 0.1) is 5.82 Å². The Bertz CT molecular complexity index is 580. The van der Waals surface area contributed by atoms with Crippen molar-refractivity contribution in [3.05, 3.63) is 45.9 Å². The van der Waals surface area contributed by atoms with Crippen LogP contribution in [0.25, 0.3) is 0 Å². The zero-order chi connectivity index (χ0) is 13.1. The second kappa shape index (κ2) is 5.18. The molecular weight excluding hydrogens is 253 g/mol. The van der Waals surface area contributed by atoms with Crippen LogP contribution in [0.4, 0.5) is 10.1 Å². The van der Waals surface area contributed by atoms with E-state index in [-0.39, 0.29) is 5.91 Å². The number of phenols is 1. The van der Waals surface area contributed by atoms with Gasteiger partial charge in [0.25, 0.3) is 5.91 Å². The molecule has 1 aromatic heterocycles. The molecule has 0 spiro atoms. The number of hydrogen-bond donors (Lipinski definition) is 2. The van der Waals surface area contributed by atoms with Crippen molar-refractivity contribution < 1.29 is 14.3 Å². The molecule has 0 aliphatic heterocycles. The fraction of sp³-hybridized carbons (Fsp3) is 0.154. The number of benzene rings is 1. The summed E-state index contributed by atoms with van der Waals surface area (Å²) in [5, 5.41) is 13.5. The molecule has 2 rings (SSSR count). The summed E-state index contributed by atoms with van der Waals surface area (Å²) < 4.78 is 13.1. The van der Waals surface area contributed by atoms with E-state index in [9.17, 15) is 9.18 Å². The maximum Gasteiger partial charge on any atom is 0.266 e. The van der Waals surface area contributed by atoms with Crippen LogP contribution in [0.3, 0.4) is 0 Å². The zero-order valence-electron chi connectivity index (χ0n) is 9.74. The molecule has 0 atom stereocenters. The highest BCUT2D eigenvalue weighted by molar-refractivity contribution is 7.12. The van der Waals surface area contributed by atoms with Crippen molar-refractivity contribution in [1.82, 2.24) is 0 Å². The number of carbonyl (C=O) groups excluding carboxylic acids is 1. The zero-order valence-corrected chi connectivity index (χ0v) is 10.6. The lowest BCUT2D eigenvalue weighted by Crippen LogP contribution is -2.12. The Balaban J connectivity index is 2.19. The first kappa shape index (κ1) is 12.6. The van der Waals surface area contributed by atoms with Crippen molar-refractivity contribution in [2.75, 3.05) is 5.32 Å². The second-order valence-corrected chi connectivity index (χ2v) is 4.66. The minimum atomic E-state index is -0.755. The number of hydrogen-bond acceptors (Lipinski definition) is 3. The van der Waals surface area contributed by atoms with Gasteiger partial charge in [-0.1, -0.05) is 6.92 Å². The molecule has 3 nitrogen and oxygen atoms in total. The fourth-order valence-electron chi connectivity index (χ4n) is 1.59. The molecule has 0 aliphatic carbocycles. The van der Waals surface area contributed by atoms with Crippen molar-refractivity contribution in [2.24, 2.45) is 0 Å². The molecule has 0 unspecified atom stereocenters. The van der Waals surface area contributed by atoms with E-state index >= 15 is 0 Å². The van der Waals surface area contributed by atoms with Crippen LogP contribution < -0.4 is 5.32 Å². The van der Waals surface area contributed by atoms with E-state index in [2.05, 4.69) is 5.32 Å². The summed E-state index contributed by atoms with van der Waals surface area (Å²) in [5.41, 5.74) is 1.29. The molecule has 2 aromatic rings. The van der Waals surface area contributed by atoms with Gasteiger partial charge in [-0.2, -0.15) is 0 Å². The third-order valence-electron chi connectivity index (χ3n) is 2.54.